The largest absolute Gasteiger partial charge is 0.493 e. The standard InChI is InChI=1S/C22H21ClN2O4S/c1-22(2,27)12-29-16-6-5-15(9-17(16)28-3)25-11-14-8-18(30-20(14)21(25)26)13-4-7-19(23)24-10-13/h4-10,27H,11-12H2,1-3H3. The van der Waals surface area contributed by atoms with Gasteiger partial charge in [0.25, 0.3) is 5.91 Å². The fourth-order valence-corrected chi connectivity index (χ4v) is 4.39. The van der Waals surface area contributed by atoms with Crippen LogP contribution >= 0.6 is 22.9 Å². The second-order valence-corrected chi connectivity index (χ2v) is 9.10. The molecule has 0 spiro atoms. The van der Waals surface area contributed by atoms with Crippen LogP contribution in [0.4, 0.5) is 5.69 Å². The van der Waals surface area contributed by atoms with E-state index < -0.39 is 5.60 Å². The van der Waals surface area contributed by atoms with Crippen molar-refractivity contribution >= 4 is 34.5 Å². The molecule has 0 atom stereocenters. The number of nitrogens with zero attached hydrogens (tertiary/aromatic N) is 2. The van der Waals surface area contributed by atoms with Crippen molar-refractivity contribution in [1.82, 2.24) is 4.98 Å². The van der Waals surface area contributed by atoms with Crippen molar-refractivity contribution in [3.8, 4) is 21.9 Å². The number of hydrogen-bond acceptors (Lipinski definition) is 6. The number of methoxy groups -OCH3 is 1. The number of carbonyl (C=O) groups excluding carboxylic acids is 1. The summed E-state index contributed by atoms with van der Waals surface area (Å²) in [6, 6.07) is 11.0. The number of hydrogen-bond donors (Lipinski definition) is 1. The van der Waals surface area contributed by atoms with Gasteiger partial charge in [-0.3, -0.25) is 4.79 Å². The van der Waals surface area contributed by atoms with E-state index in [4.69, 9.17) is 21.1 Å². The van der Waals surface area contributed by atoms with Crippen LogP contribution in [0.15, 0.2) is 42.6 Å². The van der Waals surface area contributed by atoms with Gasteiger partial charge in [-0.2, -0.15) is 0 Å². The maximum Gasteiger partial charge on any atom is 0.269 e. The van der Waals surface area contributed by atoms with E-state index in [0.29, 0.717) is 23.2 Å². The first kappa shape index (κ1) is 20.7. The van der Waals surface area contributed by atoms with Crippen LogP contribution in [0, 0.1) is 0 Å². The smallest absolute Gasteiger partial charge is 0.269 e. The Morgan fingerprint density at radius 1 is 1.23 bits per heavy atom. The Morgan fingerprint density at radius 2 is 2.03 bits per heavy atom. The molecule has 1 aliphatic heterocycles. The molecule has 4 rings (SSSR count). The molecule has 30 heavy (non-hydrogen) atoms. The molecule has 6 nitrogen and oxygen atoms in total. The second kappa shape index (κ2) is 7.91. The molecule has 0 radical (unpaired) electrons. The SMILES string of the molecule is COc1cc(N2Cc3cc(-c4ccc(Cl)nc4)sc3C2=O)ccc1OCC(C)(C)O. The number of halogens is 1. The highest BCUT2D eigenvalue weighted by Gasteiger charge is 2.32. The normalized spacial score (nSPS) is 13.5. The van der Waals surface area contributed by atoms with Gasteiger partial charge in [0.1, 0.15) is 11.8 Å². The van der Waals surface area contributed by atoms with E-state index in [0.717, 1.165) is 26.6 Å². The van der Waals surface area contributed by atoms with E-state index in [1.165, 1.54) is 11.3 Å². The Labute approximate surface area is 183 Å². The monoisotopic (exact) mass is 444 g/mol. The van der Waals surface area contributed by atoms with Crippen molar-refractivity contribution in [2.24, 2.45) is 0 Å². The van der Waals surface area contributed by atoms with Gasteiger partial charge in [0.05, 0.1) is 24.1 Å². The maximum atomic E-state index is 13.0. The summed E-state index contributed by atoms with van der Waals surface area (Å²) < 4.78 is 11.1. The van der Waals surface area contributed by atoms with E-state index in [9.17, 15) is 9.90 Å². The Kier molecular flexibility index (Phi) is 5.44. The molecule has 3 aromatic rings. The third-order valence-electron chi connectivity index (χ3n) is 4.63. The minimum Gasteiger partial charge on any atom is -0.493 e. The number of thiophene rings is 1. The second-order valence-electron chi connectivity index (χ2n) is 7.66. The summed E-state index contributed by atoms with van der Waals surface area (Å²) in [6.07, 6.45) is 1.71. The minimum atomic E-state index is -0.958. The van der Waals surface area contributed by atoms with Crippen LogP contribution < -0.4 is 14.4 Å². The van der Waals surface area contributed by atoms with Gasteiger partial charge in [0.15, 0.2) is 11.5 Å². The molecule has 1 aliphatic rings. The number of ether oxygens (including phenoxy) is 2. The lowest BCUT2D eigenvalue weighted by Gasteiger charge is -2.21. The first-order chi connectivity index (χ1) is 14.2. The summed E-state index contributed by atoms with van der Waals surface area (Å²) in [4.78, 5) is 20.6. The third kappa shape index (κ3) is 4.14. The van der Waals surface area contributed by atoms with Crippen molar-refractivity contribution in [1.29, 1.82) is 0 Å². The molecule has 0 bridgehead atoms. The molecule has 0 saturated heterocycles. The van der Waals surface area contributed by atoms with Gasteiger partial charge in [-0.15, -0.1) is 11.3 Å². The number of carbonyl (C=O) groups is 1. The molecule has 3 heterocycles. The van der Waals surface area contributed by atoms with Gasteiger partial charge < -0.3 is 19.5 Å². The van der Waals surface area contributed by atoms with Crippen molar-refractivity contribution in [3.63, 3.8) is 0 Å². The Balaban J connectivity index is 1.55. The highest BCUT2D eigenvalue weighted by atomic mass is 35.5. The summed E-state index contributed by atoms with van der Waals surface area (Å²) in [5.41, 5.74) is 1.69. The van der Waals surface area contributed by atoms with Gasteiger partial charge in [-0.05, 0) is 49.7 Å². The number of aliphatic hydroxyl groups is 1. The number of benzene rings is 1. The highest BCUT2D eigenvalue weighted by molar-refractivity contribution is 7.17. The van der Waals surface area contributed by atoms with Crippen LogP contribution in [0.3, 0.4) is 0 Å². The molecule has 1 amide bonds. The predicted molar refractivity (Wildman–Crippen MR) is 118 cm³/mol. The maximum absolute atomic E-state index is 13.0. The number of fused-ring (bicyclic) bond motifs is 1. The van der Waals surface area contributed by atoms with E-state index in [2.05, 4.69) is 4.98 Å². The molecule has 156 valence electrons. The van der Waals surface area contributed by atoms with Crippen LogP contribution in [0.2, 0.25) is 5.15 Å². The van der Waals surface area contributed by atoms with E-state index in [1.54, 1.807) is 50.3 Å². The Hall–Kier alpha value is -2.61. The van der Waals surface area contributed by atoms with Crippen molar-refractivity contribution in [2.45, 2.75) is 26.0 Å². The number of pyridine rings is 1. The fourth-order valence-electron chi connectivity index (χ4n) is 3.16. The number of rotatable bonds is 6. The summed E-state index contributed by atoms with van der Waals surface area (Å²) in [5.74, 6) is 0.977. The van der Waals surface area contributed by atoms with Crippen LogP contribution in [0.25, 0.3) is 10.4 Å². The van der Waals surface area contributed by atoms with Gasteiger partial charge >= 0.3 is 0 Å². The first-order valence-corrected chi connectivity index (χ1v) is 10.5. The van der Waals surface area contributed by atoms with Crippen LogP contribution in [-0.4, -0.2) is 35.3 Å². The Morgan fingerprint density at radius 3 is 2.67 bits per heavy atom. The zero-order chi connectivity index (χ0) is 21.5. The first-order valence-electron chi connectivity index (χ1n) is 9.35. The quantitative estimate of drug-likeness (QED) is 0.554. The summed E-state index contributed by atoms with van der Waals surface area (Å²) >= 11 is 7.32. The summed E-state index contributed by atoms with van der Waals surface area (Å²) in [5, 5.41) is 10.3. The summed E-state index contributed by atoms with van der Waals surface area (Å²) in [6.45, 7) is 3.96. The predicted octanol–water partition coefficient (Wildman–Crippen LogP) is 4.78. The average molecular weight is 445 g/mol. The van der Waals surface area contributed by atoms with Crippen LogP contribution in [0.1, 0.15) is 29.1 Å². The Bertz CT molecular complexity index is 1090. The molecule has 2 aromatic heterocycles. The molecule has 1 N–H and O–H groups in total. The lowest BCUT2D eigenvalue weighted by Crippen LogP contribution is -2.28. The van der Waals surface area contributed by atoms with E-state index in [1.807, 2.05) is 18.2 Å². The highest BCUT2D eigenvalue weighted by Crippen LogP contribution is 2.40. The summed E-state index contributed by atoms with van der Waals surface area (Å²) in [7, 11) is 1.55. The minimum absolute atomic E-state index is 0.0459. The number of amides is 1. The topological polar surface area (TPSA) is 71.9 Å². The van der Waals surface area contributed by atoms with E-state index >= 15 is 0 Å². The molecule has 0 unspecified atom stereocenters. The molecule has 0 aliphatic carbocycles. The zero-order valence-corrected chi connectivity index (χ0v) is 18.4. The van der Waals surface area contributed by atoms with E-state index in [-0.39, 0.29) is 12.5 Å². The van der Waals surface area contributed by atoms with Gasteiger partial charge in [-0.1, -0.05) is 11.6 Å². The van der Waals surface area contributed by atoms with Crippen molar-refractivity contribution < 1.29 is 19.4 Å². The lowest BCUT2D eigenvalue weighted by atomic mass is 10.2. The molecule has 0 fully saturated rings. The van der Waals surface area contributed by atoms with Crippen LogP contribution in [0.5, 0.6) is 11.5 Å². The third-order valence-corrected chi connectivity index (χ3v) is 6.07. The molecule has 8 heteroatoms. The molecular weight excluding hydrogens is 424 g/mol. The van der Waals surface area contributed by atoms with Crippen LogP contribution in [-0.2, 0) is 6.54 Å². The van der Waals surface area contributed by atoms with Crippen molar-refractivity contribution in [2.75, 3.05) is 18.6 Å². The molecular formula is C22H21ClN2O4S. The molecule has 1 aromatic carbocycles. The van der Waals surface area contributed by atoms with Crippen molar-refractivity contribution in [3.05, 3.63) is 58.2 Å². The van der Waals surface area contributed by atoms with Gasteiger partial charge in [0, 0.05) is 28.4 Å². The molecule has 0 saturated carbocycles. The lowest BCUT2D eigenvalue weighted by molar-refractivity contribution is 0.0276. The number of aromatic nitrogens is 1. The van der Waals surface area contributed by atoms with Gasteiger partial charge in [0.2, 0.25) is 0 Å². The average Bonchev–Trinajstić information content (AvgIpc) is 3.26. The number of anilines is 1. The fraction of sp³-hybridized carbons (Fsp3) is 0.273. The van der Waals surface area contributed by atoms with Gasteiger partial charge in [-0.25, -0.2) is 4.98 Å². The zero-order valence-electron chi connectivity index (χ0n) is 16.8.